The first-order valence-electron chi connectivity index (χ1n) is 8.57. The van der Waals surface area contributed by atoms with Gasteiger partial charge in [0.2, 0.25) is 5.91 Å². The summed E-state index contributed by atoms with van der Waals surface area (Å²) in [5, 5.41) is 15.4. The van der Waals surface area contributed by atoms with Gasteiger partial charge < -0.3 is 14.8 Å². The zero-order valence-electron chi connectivity index (χ0n) is 15.4. The molecule has 146 valence electrons. The third kappa shape index (κ3) is 5.16. The molecule has 0 aliphatic heterocycles. The molecule has 3 rings (SSSR count). The minimum atomic E-state index is -0.998. The molecule has 1 heterocycles. The molecule has 3 N–H and O–H groups in total. The number of carbonyl (C=O) groups excluding carboxylic acids is 2. The van der Waals surface area contributed by atoms with Crippen LogP contribution in [0.4, 0.5) is 5.69 Å². The van der Waals surface area contributed by atoms with Gasteiger partial charge in [-0.1, -0.05) is 18.2 Å². The van der Waals surface area contributed by atoms with Crippen molar-refractivity contribution in [2.75, 3.05) is 5.32 Å². The van der Waals surface area contributed by atoms with Crippen molar-refractivity contribution in [2.24, 2.45) is 5.10 Å². The number of hydrogen-bond acceptors (Lipinski definition) is 5. The van der Waals surface area contributed by atoms with Crippen LogP contribution >= 0.6 is 0 Å². The Labute approximate surface area is 165 Å². The van der Waals surface area contributed by atoms with E-state index in [2.05, 4.69) is 15.8 Å². The molecule has 8 heteroatoms. The van der Waals surface area contributed by atoms with Crippen LogP contribution in [-0.4, -0.2) is 29.1 Å². The van der Waals surface area contributed by atoms with Gasteiger partial charge in [-0.3, -0.25) is 9.59 Å². The van der Waals surface area contributed by atoms with Gasteiger partial charge in [0.25, 0.3) is 5.91 Å². The average Bonchev–Trinajstić information content (AvgIpc) is 3.16. The molecule has 0 fully saturated rings. The first kappa shape index (κ1) is 19.6. The Kier molecular flexibility index (Phi) is 5.84. The normalized spacial score (nSPS) is 10.7. The number of nitrogens with zero attached hydrogens (tertiary/aromatic N) is 1. The molecule has 0 spiro atoms. The number of benzene rings is 2. The number of carboxylic acid groups (broad SMARTS) is 1. The molecular formula is C21H17N3O5. The lowest BCUT2D eigenvalue weighted by atomic mass is 10.1. The molecule has 2 aromatic carbocycles. The van der Waals surface area contributed by atoms with Crippen LogP contribution in [0.2, 0.25) is 0 Å². The quantitative estimate of drug-likeness (QED) is 0.439. The molecule has 0 atom stereocenters. The number of furan rings is 1. The van der Waals surface area contributed by atoms with Gasteiger partial charge in [-0.05, 0) is 42.5 Å². The Morgan fingerprint density at radius 2 is 1.76 bits per heavy atom. The molecule has 0 saturated heterocycles. The zero-order valence-corrected chi connectivity index (χ0v) is 15.4. The van der Waals surface area contributed by atoms with Crippen molar-refractivity contribution in [2.45, 2.75) is 6.92 Å². The number of rotatable bonds is 6. The van der Waals surface area contributed by atoms with E-state index in [4.69, 9.17) is 9.52 Å². The van der Waals surface area contributed by atoms with Crippen molar-refractivity contribution in [3.05, 3.63) is 77.6 Å². The molecule has 0 aliphatic rings. The second-order valence-corrected chi connectivity index (χ2v) is 6.05. The van der Waals surface area contributed by atoms with Crippen molar-refractivity contribution < 1.29 is 23.9 Å². The molecule has 2 amide bonds. The lowest BCUT2D eigenvalue weighted by Crippen LogP contribution is -2.18. The Bertz CT molecular complexity index is 1080. The highest BCUT2D eigenvalue weighted by molar-refractivity contribution is 5.97. The molecule has 1 aromatic heterocycles. The second-order valence-electron chi connectivity index (χ2n) is 6.05. The van der Waals surface area contributed by atoms with Gasteiger partial charge in [0, 0.05) is 23.7 Å². The smallest absolute Gasteiger partial charge is 0.335 e. The third-order valence-corrected chi connectivity index (χ3v) is 3.85. The number of carboxylic acids is 1. The lowest BCUT2D eigenvalue weighted by Gasteiger charge is -2.04. The summed E-state index contributed by atoms with van der Waals surface area (Å²) in [6.07, 6.45) is 1.35. The molecule has 3 aromatic rings. The van der Waals surface area contributed by atoms with Crippen LogP contribution in [0.25, 0.3) is 11.3 Å². The van der Waals surface area contributed by atoms with Crippen LogP contribution < -0.4 is 10.7 Å². The van der Waals surface area contributed by atoms with E-state index in [9.17, 15) is 14.4 Å². The monoisotopic (exact) mass is 391 g/mol. The maximum Gasteiger partial charge on any atom is 0.335 e. The highest BCUT2D eigenvalue weighted by atomic mass is 16.4. The van der Waals surface area contributed by atoms with E-state index in [0.717, 1.165) is 0 Å². The third-order valence-electron chi connectivity index (χ3n) is 3.85. The highest BCUT2D eigenvalue weighted by Gasteiger charge is 2.08. The SMILES string of the molecule is CC(=O)Nc1cccc(C(=O)N/N=C\c2ccc(-c3ccc(C(=O)O)cc3)o2)c1. The van der Waals surface area contributed by atoms with Crippen molar-refractivity contribution in [3.63, 3.8) is 0 Å². The number of anilines is 1. The second kappa shape index (κ2) is 8.66. The minimum Gasteiger partial charge on any atom is -0.478 e. The number of nitrogens with one attached hydrogen (secondary N) is 2. The van der Waals surface area contributed by atoms with Crippen molar-refractivity contribution in [1.29, 1.82) is 0 Å². The number of aromatic carboxylic acids is 1. The van der Waals surface area contributed by atoms with Gasteiger partial charge in [-0.15, -0.1) is 0 Å². The van der Waals surface area contributed by atoms with Crippen LogP contribution in [0.3, 0.4) is 0 Å². The number of hydrogen-bond donors (Lipinski definition) is 3. The highest BCUT2D eigenvalue weighted by Crippen LogP contribution is 2.22. The van der Waals surface area contributed by atoms with Gasteiger partial charge in [0.05, 0.1) is 11.8 Å². The van der Waals surface area contributed by atoms with Gasteiger partial charge in [0.1, 0.15) is 11.5 Å². The molecule has 0 bridgehead atoms. The summed E-state index contributed by atoms with van der Waals surface area (Å²) in [6.45, 7) is 1.38. The van der Waals surface area contributed by atoms with Crippen LogP contribution in [-0.2, 0) is 4.79 Å². The van der Waals surface area contributed by atoms with E-state index in [1.807, 2.05) is 0 Å². The molecule has 8 nitrogen and oxygen atoms in total. The Balaban J connectivity index is 1.63. The van der Waals surface area contributed by atoms with Crippen molar-refractivity contribution in [1.82, 2.24) is 5.43 Å². The number of amides is 2. The molecule has 0 unspecified atom stereocenters. The lowest BCUT2D eigenvalue weighted by molar-refractivity contribution is -0.114. The van der Waals surface area contributed by atoms with Crippen molar-refractivity contribution >= 4 is 29.7 Å². The first-order valence-corrected chi connectivity index (χ1v) is 8.57. The maximum atomic E-state index is 12.2. The fourth-order valence-corrected chi connectivity index (χ4v) is 2.51. The topological polar surface area (TPSA) is 121 Å². The van der Waals surface area contributed by atoms with Crippen molar-refractivity contribution in [3.8, 4) is 11.3 Å². The van der Waals surface area contributed by atoms with E-state index >= 15 is 0 Å². The molecule has 0 radical (unpaired) electrons. The van der Waals surface area contributed by atoms with Gasteiger partial charge >= 0.3 is 5.97 Å². The largest absolute Gasteiger partial charge is 0.478 e. The predicted molar refractivity (Wildman–Crippen MR) is 107 cm³/mol. The van der Waals surface area contributed by atoms with E-state index < -0.39 is 11.9 Å². The summed E-state index contributed by atoms with van der Waals surface area (Å²) in [4.78, 5) is 34.2. The Morgan fingerprint density at radius 3 is 2.45 bits per heavy atom. The van der Waals surface area contributed by atoms with E-state index in [-0.39, 0.29) is 11.5 Å². The van der Waals surface area contributed by atoms with Gasteiger partial charge in [-0.2, -0.15) is 5.10 Å². The van der Waals surface area contributed by atoms with Crippen LogP contribution in [0.5, 0.6) is 0 Å². The standard InChI is InChI=1S/C21H17N3O5/c1-13(25)23-17-4-2-3-16(11-17)20(26)24-22-12-18-9-10-19(29-18)14-5-7-15(8-6-14)21(27)28/h2-12H,1H3,(H,23,25)(H,24,26)(H,27,28)/b22-12-. The molecular weight excluding hydrogens is 374 g/mol. The van der Waals surface area contributed by atoms with Crippen LogP contribution in [0.1, 0.15) is 33.4 Å². The minimum absolute atomic E-state index is 0.187. The fourth-order valence-electron chi connectivity index (χ4n) is 2.51. The summed E-state index contributed by atoms with van der Waals surface area (Å²) >= 11 is 0. The molecule has 29 heavy (non-hydrogen) atoms. The molecule has 0 saturated carbocycles. The predicted octanol–water partition coefficient (Wildman–Crippen LogP) is 3.37. The van der Waals surface area contributed by atoms with E-state index in [0.29, 0.717) is 28.3 Å². The maximum absolute atomic E-state index is 12.2. The van der Waals surface area contributed by atoms with Gasteiger partial charge in [0.15, 0.2) is 0 Å². The van der Waals surface area contributed by atoms with Gasteiger partial charge in [-0.25, -0.2) is 10.2 Å². The summed E-state index contributed by atoms with van der Waals surface area (Å²) < 4.78 is 5.62. The average molecular weight is 391 g/mol. The summed E-state index contributed by atoms with van der Waals surface area (Å²) in [6, 6.07) is 16.1. The summed E-state index contributed by atoms with van der Waals surface area (Å²) in [7, 11) is 0. The number of carbonyl (C=O) groups is 3. The van der Waals surface area contributed by atoms with Crippen LogP contribution in [0.15, 0.2) is 70.2 Å². The van der Waals surface area contributed by atoms with E-state index in [1.54, 1.807) is 42.5 Å². The Morgan fingerprint density at radius 1 is 1.00 bits per heavy atom. The number of hydrazone groups is 1. The summed E-state index contributed by atoms with van der Waals surface area (Å²) in [5.74, 6) is -0.717. The molecule has 0 aliphatic carbocycles. The van der Waals surface area contributed by atoms with E-state index in [1.165, 1.54) is 31.3 Å². The fraction of sp³-hybridized carbons (Fsp3) is 0.0476. The van der Waals surface area contributed by atoms with Crippen LogP contribution in [0, 0.1) is 0 Å². The first-order chi connectivity index (χ1) is 13.9. The Hall–Kier alpha value is -4.20. The summed E-state index contributed by atoms with van der Waals surface area (Å²) in [5.41, 5.74) is 4.15. The zero-order chi connectivity index (χ0) is 20.8.